The molecule has 0 aromatic heterocycles. The number of esters is 1. The highest BCUT2D eigenvalue weighted by molar-refractivity contribution is 14.1. The van der Waals surface area contributed by atoms with E-state index in [1.54, 1.807) is 0 Å². The number of fused-ring (bicyclic) bond motifs is 2. The molecule has 0 radical (unpaired) electrons. The molecule has 1 aliphatic carbocycles. The van der Waals surface area contributed by atoms with Crippen molar-refractivity contribution in [1.82, 2.24) is 5.32 Å². The average Bonchev–Trinajstić information content (AvgIpc) is 2.83. The second-order valence-corrected chi connectivity index (χ2v) is 6.98. The summed E-state index contributed by atoms with van der Waals surface area (Å²) in [5, 5.41) is 2.81. The van der Waals surface area contributed by atoms with E-state index >= 15 is 0 Å². The Morgan fingerprint density at radius 3 is 2.86 bits per heavy atom. The highest BCUT2D eigenvalue weighted by atomic mass is 127. The number of hydrogen-bond acceptors (Lipinski definition) is 4. The molecule has 0 spiro atoms. The van der Waals surface area contributed by atoms with Crippen LogP contribution >= 0.6 is 22.6 Å². The Balaban J connectivity index is 1.54. The number of hydrogen-bond donors (Lipinski definition) is 1. The number of amides is 1. The van der Waals surface area contributed by atoms with Crippen molar-refractivity contribution in [3.63, 3.8) is 0 Å². The number of alkyl halides is 1. The first kappa shape index (κ1) is 14.6. The second kappa shape index (κ2) is 6.21. The largest absolute Gasteiger partial charge is 0.461 e. The maximum absolute atomic E-state index is 11.9. The van der Waals surface area contributed by atoms with E-state index in [2.05, 4.69) is 27.9 Å². The van der Waals surface area contributed by atoms with Crippen LogP contribution in [0.3, 0.4) is 0 Å². The monoisotopic (exact) mass is 401 g/mol. The van der Waals surface area contributed by atoms with Crippen molar-refractivity contribution in [1.29, 1.82) is 0 Å². The summed E-state index contributed by atoms with van der Waals surface area (Å²) in [4.78, 5) is 23.6. The predicted molar refractivity (Wildman–Crippen MR) is 84.0 cm³/mol. The van der Waals surface area contributed by atoms with Gasteiger partial charge in [-0.1, -0.05) is 52.9 Å². The maximum atomic E-state index is 11.9. The summed E-state index contributed by atoms with van der Waals surface area (Å²) in [6.07, 6.45) is 0.949. The van der Waals surface area contributed by atoms with E-state index in [4.69, 9.17) is 9.47 Å². The average molecular weight is 401 g/mol. The van der Waals surface area contributed by atoms with Gasteiger partial charge in [-0.3, -0.25) is 4.79 Å². The molecule has 112 valence electrons. The molecular weight excluding hydrogens is 385 g/mol. The fourth-order valence-corrected chi connectivity index (χ4v) is 3.80. The highest BCUT2D eigenvalue weighted by Crippen LogP contribution is 2.38. The van der Waals surface area contributed by atoms with Crippen LogP contribution < -0.4 is 5.32 Å². The molecule has 6 heteroatoms. The summed E-state index contributed by atoms with van der Waals surface area (Å²) < 4.78 is 10.7. The van der Waals surface area contributed by atoms with Crippen LogP contribution in [0.5, 0.6) is 0 Å². The zero-order valence-electron chi connectivity index (χ0n) is 11.3. The van der Waals surface area contributed by atoms with Gasteiger partial charge in [-0.25, -0.2) is 4.79 Å². The number of ether oxygens (including phenoxy) is 2. The molecule has 2 bridgehead atoms. The lowest BCUT2D eigenvalue weighted by molar-refractivity contribution is -0.143. The summed E-state index contributed by atoms with van der Waals surface area (Å²) in [6.45, 7) is 0.227. The third-order valence-electron chi connectivity index (χ3n) is 3.94. The Kier molecular flexibility index (Phi) is 4.32. The Hall–Kier alpha value is -1.31. The first-order valence-corrected chi connectivity index (χ1v) is 8.20. The minimum Gasteiger partial charge on any atom is -0.461 e. The smallest absolute Gasteiger partial charge is 0.407 e. The van der Waals surface area contributed by atoms with Gasteiger partial charge in [-0.2, -0.15) is 0 Å². The maximum Gasteiger partial charge on any atom is 0.407 e. The molecule has 1 aromatic rings. The first-order valence-electron chi connectivity index (χ1n) is 6.95. The lowest BCUT2D eigenvalue weighted by Gasteiger charge is -2.28. The van der Waals surface area contributed by atoms with Gasteiger partial charge in [-0.05, 0) is 12.0 Å². The lowest BCUT2D eigenvalue weighted by atomic mass is 9.85. The van der Waals surface area contributed by atoms with E-state index in [9.17, 15) is 9.59 Å². The molecule has 1 saturated heterocycles. The van der Waals surface area contributed by atoms with Crippen molar-refractivity contribution >= 4 is 34.7 Å². The van der Waals surface area contributed by atoms with E-state index in [1.807, 2.05) is 30.3 Å². The molecule has 2 aliphatic rings. The van der Waals surface area contributed by atoms with Gasteiger partial charge >= 0.3 is 12.1 Å². The Morgan fingerprint density at radius 1 is 1.33 bits per heavy atom. The Labute approximate surface area is 136 Å². The highest BCUT2D eigenvalue weighted by Gasteiger charge is 2.48. The quantitative estimate of drug-likeness (QED) is 0.480. The van der Waals surface area contributed by atoms with Crippen molar-refractivity contribution in [3.8, 4) is 0 Å². The fourth-order valence-electron chi connectivity index (χ4n) is 2.82. The van der Waals surface area contributed by atoms with Gasteiger partial charge in [0.25, 0.3) is 0 Å². The minimum absolute atomic E-state index is 0.00138. The zero-order valence-corrected chi connectivity index (χ0v) is 13.5. The molecule has 5 nitrogen and oxygen atoms in total. The van der Waals surface area contributed by atoms with Crippen molar-refractivity contribution in [2.24, 2.45) is 5.92 Å². The van der Waals surface area contributed by atoms with E-state index < -0.39 is 6.09 Å². The van der Waals surface area contributed by atoms with Crippen LogP contribution in [-0.2, 0) is 20.9 Å². The molecule has 4 atom stereocenters. The van der Waals surface area contributed by atoms with Crippen LogP contribution in [0.4, 0.5) is 4.79 Å². The Morgan fingerprint density at radius 2 is 2.10 bits per heavy atom. The number of halogens is 1. The van der Waals surface area contributed by atoms with Crippen LogP contribution in [0.2, 0.25) is 0 Å². The van der Waals surface area contributed by atoms with Crippen molar-refractivity contribution in [2.45, 2.75) is 35.5 Å². The molecule has 1 saturated carbocycles. The van der Waals surface area contributed by atoms with Gasteiger partial charge in [-0.15, -0.1) is 0 Å². The SMILES string of the molecule is O=C(NC1CC(I)C2CC1C(=O)O2)OCc1ccccc1. The van der Waals surface area contributed by atoms with Crippen molar-refractivity contribution < 1.29 is 19.1 Å². The molecular formula is C15H16INO4. The van der Waals surface area contributed by atoms with Gasteiger partial charge in [0.15, 0.2) is 0 Å². The lowest BCUT2D eigenvalue weighted by Crippen LogP contribution is -2.46. The van der Waals surface area contributed by atoms with Gasteiger partial charge in [0, 0.05) is 12.5 Å². The molecule has 1 aliphatic heterocycles. The van der Waals surface area contributed by atoms with Crippen LogP contribution in [-0.4, -0.2) is 28.1 Å². The van der Waals surface area contributed by atoms with Gasteiger partial charge in [0.05, 0.1) is 9.84 Å². The van der Waals surface area contributed by atoms with Crippen molar-refractivity contribution in [3.05, 3.63) is 35.9 Å². The van der Waals surface area contributed by atoms with Gasteiger partial charge < -0.3 is 14.8 Å². The standard InChI is InChI=1S/C15H16INO4/c16-11-7-12(10-6-13(11)21-14(10)18)17-15(19)20-8-9-4-2-1-3-5-9/h1-5,10-13H,6-8H2,(H,17,19). The molecule has 2 fully saturated rings. The molecule has 1 N–H and O–H groups in total. The molecule has 3 rings (SSSR count). The zero-order chi connectivity index (χ0) is 14.8. The number of alkyl carbamates (subject to hydrolysis) is 1. The molecule has 1 aromatic carbocycles. The summed E-state index contributed by atoms with van der Waals surface area (Å²) in [5.41, 5.74) is 0.934. The van der Waals surface area contributed by atoms with Crippen LogP contribution in [0.1, 0.15) is 18.4 Å². The second-order valence-electron chi connectivity index (χ2n) is 5.38. The summed E-state index contributed by atoms with van der Waals surface area (Å²) in [7, 11) is 0. The van der Waals surface area contributed by atoms with E-state index in [0.717, 1.165) is 12.0 Å². The summed E-state index contributed by atoms with van der Waals surface area (Å²) in [5.74, 6) is -0.433. The fraction of sp³-hybridized carbons (Fsp3) is 0.467. The van der Waals surface area contributed by atoms with E-state index in [0.29, 0.717) is 6.42 Å². The molecule has 21 heavy (non-hydrogen) atoms. The van der Waals surface area contributed by atoms with Crippen LogP contribution in [0.25, 0.3) is 0 Å². The Bertz CT molecular complexity index is 536. The summed E-state index contributed by atoms with van der Waals surface area (Å²) in [6, 6.07) is 9.30. The first-order chi connectivity index (χ1) is 10.1. The number of carbonyl (C=O) groups is 2. The van der Waals surface area contributed by atoms with Gasteiger partial charge in [0.1, 0.15) is 12.7 Å². The van der Waals surface area contributed by atoms with Crippen LogP contribution in [0, 0.1) is 5.92 Å². The summed E-state index contributed by atoms with van der Waals surface area (Å²) >= 11 is 2.28. The predicted octanol–water partition coefficient (Wildman–Crippen LogP) is 2.42. The number of carbonyl (C=O) groups excluding carboxylic acids is 2. The topological polar surface area (TPSA) is 64.6 Å². The van der Waals surface area contributed by atoms with Crippen LogP contribution in [0.15, 0.2) is 30.3 Å². The third kappa shape index (κ3) is 3.30. The van der Waals surface area contributed by atoms with E-state index in [1.165, 1.54) is 0 Å². The molecule has 4 unspecified atom stereocenters. The number of nitrogens with one attached hydrogen (secondary N) is 1. The van der Waals surface area contributed by atoms with Crippen molar-refractivity contribution in [2.75, 3.05) is 0 Å². The van der Waals surface area contributed by atoms with Gasteiger partial charge in [0.2, 0.25) is 0 Å². The normalized spacial score (nSPS) is 30.6. The molecule has 1 heterocycles. The minimum atomic E-state index is -0.481. The molecule has 1 amide bonds. The third-order valence-corrected chi connectivity index (χ3v) is 5.25. The number of benzene rings is 1. The van der Waals surface area contributed by atoms with E-state index in [-0.39, 0.29) is 34.6 Å². The number of rotatable bonds is 3.